The molecule has 4 heterocycles. The summed E-state index contributed by atoms with van der Waals surface area (Å²) in [6.07, 6.45) is 5.52. The third kappa shape index (κ3) is 4.83. The summed E-state index contributed by atoms with van der Waals surface area (Å²) in [5.74, 6) is -2.02. The Kier molecular flexibility index (Phi) is 6.39. The lowest BCUT2D eigenvalue weighted by molar-refractivity contribution is 0.156. The smallest absolute Gasteiger partial charge is 0.300 e. The van der Waals surface area contributed by atoms with Gasteiger partial charge in [0.25, 0.3) is 5.95 Å². The fourth-order valence-electron chi connectivity index (χ4n) is 6.34. The zero-order valence-corrected chi connectivity index (χ0v) is 21.2. The maximum absolute atomic E-state index is 14.4. The molecule has 1 N–H and O–H groups in total. The van der Waals surface area contributed by atoms with Crippen LogP contribution >= 0.6 is 0 Å². The van der Waals surface area contributed by atoms with Crippen molar-refractivity contribution in [1.29, 1.82) is 0 Å². The summed E-state index contributed by atoms with van der Waals surface area (Å²) in [7, 11) is 0. The summed E-state index contributed by atoms with van der Waals surface area (Å²) >= 11 is 0. The largest absolute Gasteiger partial charge is 0.420 e. The van der Waals surface area contributed by atoms with Crippen LogP contribution < -0.4 is 10.2 Å². The van der Waals surface area contributed by atoms with Crippen LogP contribution in [0.25, 0.3) is 11.3 Å². The van der Waals surface area contributed by atoms with Crippen LogP contribution in [0.15, 0.2) is 40.8 Å². The lowest BCUT2D eigenvalue weighted by atomic mass is 9.74. The Balaban J connectivity index is 0.993. The zero-order valence-electron chi connectivity index (χ0n) is 21.2. The lowest BCUT2D eigenvalue weighted by Crippen LogP contribution is -2.44. The van der Waals surface area contributed by atoms with Crippen molar-refractivity contribution < 1.29 is 17.6 Å². The highest BCUT2D eigenvalue weighted by atomic mass is 19.1. The van der Waals surface area contributed by atoms with Crippen LogP contribution in [0, 0.1) is 30.4 Å². The van der Waals surface area contributed by atoms with E-state index in [0.717, 1.165) is 76.7 Å². The molecule has 0 aliphatic carbocycles. The number of fused-ring (bicyclic) bond motifs is 2. The number of anilines is 2. The average Bonchev–Trinajstić information content (AvgIpc) is 3.44. The van der Waals surface area contributed by atoms with Crippen LogP contribution in [-0.4, -0.2) is 49.2 Å². The highest BCUT2D eigenvalue weighted by Crippen LogP contribution is 2.44. The molecular formula is C29H33F3N4O. The van der Waals surface area contributed by atoms with E-state index < -0.39 is 17.6 Å². The van der Waals surface area contributed by atoms with E-state index in [2.05, 4.69) is 40.3 Å². The molecule has 2 fully saturated rings. The van der Waals surface area contributed by atoms with Crippen LogP contribution in [0.4, 0.5) is 24.9 Å². The van der Waals surface area contributed by atoms with Crippen LogP contribution in [0.2, 0.25) is 0 Å². The summed E-state index contributed by atoms with van der Waals surface area (Å²) in [5.41, 5.74) is 4.42. The Morgan fingerprint density at radius 3 is 2.46 bits per heavy atom. The van der Waals surface area contributed by atoms with Crippen molar-refractivity contribution in [3.8, 4) is 11.3 Å². The SMILES string of the molecule is Cc1ccc2c(c1)NCC21CCN(CCC2CCN(c3nc(F)c(-c4cc(F)cc(F)c4)o3)CC2)CC1. The fraction of sp³-hybridized carbons (Fsp3) is 0.483. The highest BCUT2D eigenvalue weighted by Gasteiger charge is 2.41. The molecule has 3 aliphatic heterocycles. The molecule has 2 saturated heterocycles. The molecule has 0 amide bonds. The van der Waals surface area contributed by atoms with Gasteiger partial charge in [-0.05, 0) is 93.9 Å². The van der Waals surface area contributed by atoms with Crippen molar-refractivity contribution in [3.63, 3.8) is 0 Å². The number of rotatable bonds is 5. The number of piperidine rings is 2. The van der Waals surface area contributed by atoms with E-state index in [1.807, 2.05) is 4.90 Å². The maximum Gasteiger partial charge on any atom is 0.300 e. The number of hydrogen-bond donors (Lipinski definition) is 1. The molecular weight excluding hydrogens is 477 g/mol. The molecule has 0 saturated carbocycles. The zero-order chi connectivity index (χ0) is 25.6. The second-order valence-corrected chi connectivity index (χ2v) is 11.0. The van der Waals surface area contributed by atoms with Crippen molar-refractivity contribution in [2.24, 2.45) is 5.92 Å². The van der Waals surface area contributed by atoms with E-state index in [0.29, 0.717) is 5.92 Å². The number of nitrogens with zero attached hydrogens (tertiary/aromatic N) is 3. The number of halogens is 3. The quantitative estimate of drug-likeness (QED) is 0.447. The van der Waals surface area contributed by atoms with Crippen molar-refractivity contribution in [2.45, 2.75) is 44.4 Å². The van der Waals surface area contributed by atoms with Crippen molar-refractivity contribution >= 4 is 11.7 Å². The van der Waals surface area contributed by atoms with Gasteiger partial charge in [-0.15, -0.1) is 0 Å². The monoisotopic (exact) mass is 510 g/mol. The summed E-state index contributed by atoms with van der Waals surface area (Å²) in [5, 5.41) is 3.64. The number of likely N-dealkylation sites (tertiary alicyclic amines) is 1. The van der Waals surface area contributed by atoms with Crippen LogP contribution in [0.1, 0.15) is 43.2 Å². The number of benzene rings is 2. The first-order valence-corrected chi connectivity index (χ1v) is 13.3. The van der Waals surface area contributed by atoms with Gasteiger partial charge in [0.15, 0.2) is 5.76 Å². The van der Waals surface area contributed by atoms with Gasteiger partial charge in [0.2, 0.25) is 0 Å². The first-order chi connectivity index (χ1) is 17.9. The van der Waals surface area contributed by atoms with Crippen molar-refractivity contribution in [1.82, 2.24) is 9.88 Å². The third-order valence-corrected chi connectivity index (χ3v) is 8.61. The highest BCUT2D eigenvalue weighted by molar-refractivity contribution is 5.62. The molecule has 1 spiro atoms. The maximum atomic E-state index is 14.4. The van der Waals surface area contributed by atoms with Crippen LogP contribution in [0.5, 0.6) is 0 Å². The Hall–Kier alpha value is -3.00. The van der Waals surface area contributed by atoms with Crippen LogP contribution in [-0.2, 0) is 5.41 Å². The Morgan fingerprint density at radius 2 is 1.73 bits per heavy atom. The Bertz CT molecular complexity index is 1260. The Morgan fingerprint density at radius 1 is 1.00 bits per heavy atom. The number of nitrogens with one attached hydrogen (secondary N) is 1. The average molecular weight is 511 g/mol. The molecule has 196 valence electrons. The topological polar surface area (TPSA) is 44.5 Å². The van der Waals surface area contributed by atoms with Gasteiger partial charge in [-0.25, -0.2) is 8.78 Å². The first kappa shape index (κ1) is 24.3. The molecule has 0 radical (unpaired) electrons. The van der Waals surface area contributed by atoms with Gasteiger partial charge >= 0.3 is 6.01 Å². The van der Waals surface area contributed by atoms with Gasteiger partial charge < -0.3 is 19.5 Å². The van der Waals surface area contributed by atoms with Gasteiger partial charge in [0, 0.05) is 42.4 Å². The number of aromatic nitrogens is 1. The van der Waals surface area contributed by atoms with Gasteiger partial charge in [0.1, 0.15) is 11.6 Å². The first-order valence-electron chi connectivity index (χ1n) is 13.3. The second-order valence-electron chi connectivity index (χ2n) is 11.0. The van der Waals surface area contributed by atoms with E-state index in [1.54, 1.807) is 0 Å². The summed E-state index contributed by atoms with van der Waals surface area (Å²) in [4.78, 5) is 8.44. The second kappa shape index (κ2) is 9.71. The predicted octanol–water partition coefficient (Wildman–Crippen LogP) is 6.13. The molecule has 0 atom stereocenters. The minimum atomic E-state index is -0.847. The molecule has 3 aliphatic rings. The molecule has 1 aromatic heterocycles. The van der Waals surface area contributed by atoms with Crippen molar-refractivity contribution in [2.75, 3.05) is 49.5 Å². The van der Waals surface area contributed by atoms with Crippen molar-refractivity contribution in [3.05, 3.63) is 65.1 Å². The molecule has 0 unspecified atom stereocenters. The predicted molar refractivity (Wildman–Crippen MR) is 138 cm³/mol. The molecule has 6 rings (SSSR count). The number of oxazole rings is 1. The fourth-order valence-corrected chi connectivity index (χ4v) is 6.34. The van der Waals surface area contributed by atoms with Gasteiger partial charge in [-0.2, -0.15) is 9.37 Å². The summed E-state index contributed by atoms with van der Waals surface area (Å²) in [6.45, 7) is 8.03. The Labute approximate surface area is 215 Å². The lowest BCUT2D eigenvalue weighted by Gasteiger charge is -2.40. The minimum Gasteiger partial charge on any atom is -0.420 e. The summed E-state index contributed by atoms with van der Waals surface area (Å²) in [6, 6.07) is 9.86. The van der Waals surface area contributed by atoms with E-state index >= 15 is 0 Å². The van der Waals surface area contributed by atoms with Gasteiger partial charge in [-0.3, -0.25) is 0 Å². The minimum absolute atomic E-state index is 0.0129. The van der Waals surface area contributed by atoms with E-state index in [1.165, 1.54) is 29.7 Å². The van der Waals surface area contributed by atoms with E-state index in [4.69, 9.17) is 4.42 Å². The molecule has 3 aromatic rings. The van der Waals surface area contributed by atoms with E-state index in [9.17, 15) is 13.2 Å². The van der Waals surface area contributed by atoms with Gasteiger partial charge in [-0.1, -0.05) is 12.1 Å². The van der Waals surface area contributed by atoms with Crippen LogP contribution in [0.3, 0.4) is 0 Å². The standard InChI is InChI=1S/C29H33F3N4O/c1-19-2-3-24-25(14-19)33-18-29(24)7-12-35(13-8-29)9-4-20-5-10-36(11-6-20)28-34-27(32)26(37-28)21-15-22(30)17-23(31)16-21/h2-3,14-17,20,33H,4-13,18H2,1H3. The summed E-state index contributed by atoms with van der Waals surface area (Å²) < 4.78 is 47.2. The van der Waals surface area contributed by atoms with Gasteiger partial charge in [0.05, 0.1) is 0 Å². The number of aryl methyl sites for hydroxylation is 1. The molecule has 8 heteroatoms. The molecule has 0 bridgehead atoms. The third-order valence-electron chi connectivity index (χ3n) is 8.61. The molecule has 2 aromatic carbocycles. The normalized spacial score (nSPS) is 19.8. The molecule has 37 heavy (non-hydrogen) atoms. The molecule has 5 nitrogen and oxygen atoms in total. The van der Waals surface area contributed by atoms with E-state index in [-0.39, 0.29) is 22.8 Å². The number of hydrogen-bond acceptors (Lipinski definition) is 5.